The lowest BCUT2D eigenvalue weighted by Crippen LogP contribution is -2.62. The van der Waals surface area contributed by atoms with Crippen LogP contribution in [0.15, 0.2) is 5.10 Å². The van der Waals surface area contributed by atoms with Crippen molar-refractivity contribution in [2.24, 2.45) is 63.1 Å². The quantitative estimate of drug-likeness (QED) is 0.481. The molecule has 0 aromatic heterocycles. The van der Waals surface area contributed by atoms with Crippen molar-refractivity contribution in [2.75, 3.05) is 7.05 Å². The highest BCUT2D eigenvalue weighted by Crippen LogP contribution is 2.69. The zero-order valence-corrected chi connectivity index (χ0v) is 22.2. The molecule has 0 aromatic rings. The Bertz CT molecular complexity index is 790. The average molecular weight is 475 g/mol. The van der Waals surface area contributed by atoms with Gasteiger partial charge in [0.15, 0.2) is 0 Å². The number of hydrogen-bond donors (Lipinski definition) is 4. The normalized spacial score (nSPS) is 51.2. The van der Waals surface area contributed by atoms with E-state index < -0.39 is 0 Å². The van der Waals surface area contributed by atoms with Crippen molar-refractivity contribution in [1.29, 1.82) is 0 Å². The van der Waals surface area contributed by atoms with Crippen molar-refractivity contribution in [3.8, 4) is 0 Å². The van der Waals surface area contributed by atoms with E-state index >= 15 is 0 Å². The minimum Gasteiger partial charge on any atom is -0.393 e. The number of nitrogens with two attached hydrogens (primary N) is 1. The molecule has 34 heavy (non-hydrogen) atoms. The number of nitrogens with zero attached hydrogens (tertiary/aromatic N) is 2. The number of rotatable bonds is 5. The number of hydrogen-bond acceptors (Lipinski definition) is 6. The molecular formula is C28H50N4O2. The molecule has 5 N–H and O–H groups in total. The van der Waals surface area contributed by atoms with Crippen molar-refractivity contribution >= 4 is 5.96 Å². The highest BCUT2D eigenvalue weighted by molar-refractivity contribution is 5.79. The lowest BCUT2D eigenvalue weighted by atomic mass is 9.41. The molecule has 5 unspecified atom stereocenters. The monoisotopic (exact) mass is 474 g/mol. The van der Waals surface area contributed by atoms with Crippen LogP contribution in [0, 0.1) is 52.3 Å². The third-order valence-corrected chi connectivity index (χ3v) is 12.1. The Balaban J connectivity index is 1.33. The molecule has 194 valence electrons. The maximum atomic E-state index is 11.9. The molecule has 0 amide bonds. The zero-order valence-electron chi connectivity index (χ0n) is 22.2. The van der Waals surface area contributed by atoms with Crippen molar-refractivity contribution in [2.45, 2.75) is 110 Å². The van der Waals surface area contributed by atoms with Crippen LogP contribution < -0.4 is 11.1 Å². The van der Waals surface area contributed by atoms with Crippen LogP contribution in [0.1, 0.15) is 91.9 Å². The van der Waals surface area contributed by atoms with Crippen molar-refractivity contribution < 1.29 is 10.2 Å². The number of hydrazone groups is 1. The molecule has 0 saturated heterocycles. The maximum Gasteiger partial charge on any atom is 0.212 e. The summed E-state index contributed by atoms with van der Waals surface area (Å²) >= 11 is 0. The van der Waals surface area contributed by atoms with Crippen LogP contribution in [0.4, 0.5) is 0 Å². The average Bonchev–Trinajstić information content (AvgIpc) is 3.31. The number of nitrogens with one attached hydrogen (secondary N) is 1. The summed E-state index contributed by atoms with van der Waals surface area (Å²) in [6, 6.07) is 0. The smallest absolute Gasteiger partial charge is 0.212 e. The van der Waals surface area contributed by atoms with Crippen molar-refractivity contribution in [3.05, 3.63) is 0 Å². The van der Waals surface area contributed by atoms with Crippen LogP contribution in [0.2, 0.25) is 0 Å². The van der Waals surface area contributed by atoms with Gasteiger partial charge in [0, 0.05) is 7.05 Å². The van der Waals surface area contributed by atoms with Gasteiger partial charge in [-0.15, -0.1) is 5.10 Å². The lowest BCUT2D eigenvalue weighted by Gasteiger charge is -2.64. The summed E-state index contributed by atoms with van der Waals surface area (Å²) in [7, 11) is 2.00. The van der Waals surface area contributed by atoms with Crippen molar-refractivity contribution in [3.63, 3.8) is 0 Å². The van der Waals surface area contributed by atoms with E-state index in [0.29, 0.717) is 46.9 Å². The van der Waals surface area contributed by atoms with Gasteiger partial charge in [-0.25, -0.2) is 0 Å². The van der Waals surface area contributed by atoms with E-state index in [2.05, 4.69) is 38.1 Å². The Morgan fingerprint density at radius 2 is 1.79 bits per heavy atom. The van der Waals surface area contributed by atoms with Gasteiger partial charge < -0.3 is 21.3 Å². The van der Waals surface area contributed by atoms with Crippen LogP contribution in [0.5, 0.6) is 0 Å². The van der Waals surface area contributed by atoms with E-state index in [4.69, 9.17) is 5.73 Å². The molecule has 4 saturated carbocycles. The van der Waals surface area contributed by atoms with E-state index in [0.717, 1.165) is 38.0 Å². The summed E-state index contributed by atoms with van der Waals surface area (Å²) in [5, 5.41) is 32.0. The first-order valence-electron chi connectivity index (χ1n) is 14.3. The van der Waals surface area contributed by atoms with Crippen molar-refractivity contribution in [1.82, 2.24) is 10.3 Å². The van der Waals surface area contributed by atoms with Gasteiger partial charge in [0.1, 0.15) is 6.17 Å². The van der Waals surface area contributed by atoms with E-state index in [1.54, 1.807) is 0 Å². The fraction of sp³-hybridized carbons (Fsp3) is 0.964. The fourth-order valence-electron chi connectivity index (χ4n) is 10.3. The molecule has 6 nitrogen and oxygen atoms in total. The Morgan fingerprint density at radius 3 is 2.47 bits per heavy atom. The second kappa shape index (κ2) is 8.83. The predicted octanol–water partition coefficient (Wildman–Crippen LogP) is 4.12. The third kappa shape index (κ3) is 3.68. The molecule has 12 atom stereocenters. The van der Waals surface area contributed by atoms with Gasteiger partial charge in [-0.2, -0.15) is 0 Å². The first-order chi connectivity index (χ1) is 16.1. The summed E-state index contributed by atoms with van der Waals surface area (Å²) in [6.45, 7) is 9.85. The van der Waals surface area contributed by atoms with Crippen LogP contribution in [0.25, 0.3) is 0 Å². The molecule has 0 aromatic carbocycles. The number of guanidine groups is 1. The highest BCUT2D eigenvalue weighted by atomic mass is 16.3. The lowest BCUT2D eigenvalue weighted by molar-refractivity contribution is -0.203. The third-order valence-electron chi connectivity index (χ3n) is 12.1. The molecule has 1 aliphatic heterocycles. The molecule has 1 heterocycles. The van der Waals surface area contributed by atoms with Gasteiger partial charge >= 0.3 is 0 Å². The molecule has 0 radical (unpaired) electrons. The number of aliphatic hydroxyl groups is 2. The maximum absolute atomic E-state index is 11.9. The largest absolute Gasteiger partial charge is 0.393 e. The van der Waals surface area contributed by atoms with Crippen LogP contribution >= 0.6 is 0 Å². The standard InChI is InChI=1S/C28H50N4O2/c1-6-18-22-15-17(33)11-13-28(22,4)21-12-14-27(3)19(8-9-20(27)24(21)25(18)34)16(2)7-10-23-30-26(29)31-32(23)5/h16-25,33-34H,6-15H2,1-5H3,(H3,29,30,31)/t16-,17-,18-,19?,20+,21+,22?,23?,24+,25-,27?,28?/m1/s1. The molecule has 5 aliphatic rings. The Hall–Kier alpha value is -1.01. The van der Waals surface area contributed by atoms with E-state index in [9.17, 15) is 10.2 Å². The second-order valence-electron chi connectivity index (χ2n) is 13.4. The minimum atomic E-state index is -0.200. The van der Waals surface area contributed by atoms with Gasteiger partial charge in [0.2, 0.25) is 5.96 Å². The zero-order chi connectivity index (χ0) is 24.4. The summed E-state index contributed by atoms with van der Waals surface area (Å²) in [6.07, 6.45) is 11.3. The summed E-state index contributed by atoms with van der Waals surface area (Å²) in [5.74, 6) is 4.44. The Labute approximate surface area is 207 Å². The number of fused-ring (bicyclic) bond motifs is 5. The first kappa shape index (κ1) is 24.7. The molecule has 4 aliphatic carbocycles. The van der Waals surface area contributed by atoms with Gasteiger partial charge in [-0.3, -0.25) is 5.01 Å². The van der Waals surface area contributed by atoms with Gasteiger partial charge in [-0.1, -0.05) is 34.1 Å². The van der Waals surface area contributed by atoms with Crippen LogP contribution in [-0.2, 0) is 0 Å². The summed E-state index contributed by atoms with van der Waals surface area (Å²) < 4.78 is 0. The van der Waals surface area contributed by atoms with E-state index in [1.165, 1.54) is 32.1 Å². The number of aliphatic hydroxyl groups excluding tert-OH is 2. The molecule has 0 bridgehead atoms. The minimum absolute atomic E-state index is 0.171. The molecule has 4 fully saturated rings. The highest BCUT2D eigenvalue weighted by Gasteiger charge is 2.64. The Morgan fingerprint density at radius 1 is 1.09 bits per heavy atom. The topological polar surface area (TPSA) is 94.1 Å². The molecule has 5 rings (SSSR count). The Kier molecular flexibility index (Phi) is 6.41. The molecule has 6 heteroatoms. The molecular weight excluding hydrogens is 424 g/mol. The van der Waals surface area contributed by atoms with Crippen LogP contribution in [-0.4, -0.2) is 46.6 Å². The SMILES string of the molecule is CC[C@@H]1C2C[C@H](O)CCC2(C)[C@H]2CCC3(C)C([C@H](C)CCC4NC(N)=NN4C)CC[C@H]3[C@@H]2[C@@H]1O. The van der Waals surface area contributed by atoms with Crippen LogP contribution in [0.3, 0.4) is 0 Å². The summed E-state index contributed by atoms with van der Waals surface area (Å²) in [5.41, 5.74) is 6.50. The fourth-order valence-corrected chi connectivity index (χ4v) is 10.3. The van der Waals surface area contributed by atoms with E-state index in [-0.39, 0.29) is 23.8 Å². The second-order valence-corrected chi connectivity index (χ2v) is 13.4. The summed E-state index contributed by atoms with van der Waals surface area (Å²) in [4.78, 5) is 0. The van der Waals surface area contributed by atoms with Gasteiger partial charge in [-0.05, 0) is 110 Å². The first-order valence-corrected chi connectivity index (χ1v) is 14.3. The van der Waals surface area contributed by atoms with E-state index in [1.807, 2.05) is 12.1 Å². The van der Waals surface area contributed by atoms with Gasteiger partial charge in [0.25, 0.3) is 0 Å². The molecule has 0 spiro atoms. The predicted molar refractivity (Wildman–Crippen MR) is 136 cm³/mol. The van der Waals surface area contributed by atoms with Gasteiger partial charge in [0.05, 0.1) is 12.2 Å².